The Kier molecular flexibility index (Phi) is 4.17. The molecule has 1 saturated carbocycles. The van der Waals surface area contributed by atoms with E-state index in [4.69, 9.17) is 23.2 Å². The van der Waals surface area contributed by atoms with Crippen LogP contribution in [0.3, 0.4) is 0 Å². The molecule has 0 spiro atoms. The van der Waals surface area contributed by atoms with Crippen molar-refractivity contribution < 1.29 is 0 Å². The summed E-state index contributed by atoms with van der Waals surface area (Å²) >= 11 is 13.7. The van der Waals surface area contributed by atoms with Crippen molar-refractivity contribution >= 4 is 34.5 Å². The van der Waals surface area contributed by atoms with Gasteiger partial charge >= 0.3 is 0 Å². The van der Waals surface area contributed by atoms with Crippen molar-refractivity contribution in [2.24, 2.45) is 11.8 Å². The summed E-state index contributed by atoms with van der Waals surface area (Å²) in [7, 11) is 0. The summed E-state index contributed by atoms with van der Waals surface area (Å²) in [6, 6.07) is 2.42. The van der Waals surface area contributed by atoms with Gasteiger partial charge in [-0.1, -0.05) is 37.0 Å². The molecule has 1 nitrogen and oxygen atoms in total. The Morgan fingerprint density at radius 3 is 2.69 bits per heavy atom. The van der Waals surface area contributed by atoms with Gasteiger partial charge < -0.3 is 5.32 Å². The second-order valence-electron chi connectivity index (χ2n) is 4.59. The third-order valence-electron chi connectivity index (χ3n) is 3.23. The number of hydrogen-bond acceptors (Lipinski definition) is 2. The minimum absolute atomic E-state index is 0.395. The molecule has 2 rings (SSSR count). The van der Waals surface area contributed by atoms with Crippen LogP contribution in [0.4, 0.5) is 0 Å². The summed E-state index contributed by atoms with van der Waals surface area (Å²) in [5.74, 6) is 1.54. The van der Waals surface area contributed by atoms with E-state index in [0.717, 1.165) is 33.5 Å². The second-order valence-corrected chi connectivity index (χ2v) is 6.87. The lowest BCUT2D eigenvalue weighted by Gasteiger charge is -2.18. The SMILES string of the molecule is CCCNC(c1cc(Cl)sc1Cl)C1CC1C. The first kappa shape index (κ1) is 12.7. The highest BCUT2D eigenvalue weighted by atomic mass is 35.5. The Balaban J connectivity index is 2.14. The molecular formula is C12H17Cl2NS. The van der Waals surface area contributed by atoms with Crippen molar-refractivity contribution in [3.8, 4) is 0 Å². The standard InChI is InChI=1S/C12H17Cl2NS/c1-3-4-15-11(8-5-7(8)2)9-6-10(13)16-12(9)14/h6-8,11,15H,3-5H2,1-2H3. The van der Waals surface area contributed by atoms with E-state index in [9.17, 15) is 0 Å². The predicted octanol–water partition coefficient (Wildman–Crippen LogP) is 4.75. The van der Waals surface area contributed by atoms with Crippen molar-refractivity contribution in [1.82, 2.24) is 5.32 Å². The van der Waals surface area contributed by atoms with Crippen molar-refractivity contribution in [3.63, 3.8) is 0 Å². The zero-order valence-electron chi connectivity index (χ0n) is 9.59. The Morgan fingerprint density at radius 2 is 2.25 bits per heavy atom. The normalized spacial score (nSPS) is 25.8. The first-order valence-corrected chi connectivity index (χ1v) is 7.38. The molecule has 1 aliphatic rings. The number of halogens is 2. The smallest absolute Gasteiger partial charge is 0.0992 e. The van der Waals surface area contributed by atoms with Crippen LogP contribution >= 0.6 is 34.5 Å². The summed E-state index contributed by atoms with van der Waals surface area (Å²) in [4.78, 5) is 0. The van der Waals surface area contributed by atoms with E-state index in [0.29, 0.717) is 6.04 Å². The highest BCUT2D eigenvalue weighted by Gasteiger charge is 2.40. The molecule has 4 heteroatoms. The Labute approximate surface area is 111 Å². The molecule has 0 aromatic carbocycles. The maximum absolute atomic E-state index is 6.23. The quantitative estimate of drug-likeness (QED) is 0.819. The van der Waals surface area contributed by atoms with E-state index in [-0.39, 0.29) is 0 Å². The fourth-order valence-corrected chi connectivity index (χ4v) is 3.72. The molecule has 3 atom stereocenters. The van der Waals surface area contributed by atoms with Gasteiger partial charge in [-0.15, -0.1) is 11.3 Å². The van der Waals surface area contributed by atoms with E-state index < -0.39 is 0 Å². The highest BCUT2D eigenvalue weighted by molar-refractivity contribution is 7.20. The van der Waals surface area contributed by atoms with E-state index >= 15 is 0 Å². The van der Waals surface area contributed by atoms with Crippen LogP contribution in [-0.4, -0.2) is 6.54 Å². The van der Waals surface area contributed by atoms with Gasteiger partial charge in [0, 0.05) is 11.6 Å². The Bertz CT molecular complexity index is 364. The lowest BCUT2D eigenvalue weighted by Crippen LogP contribution is -2.24. The average molecular weight is 278 g/mol. The molecule has 0 aliphatic heterocycles. The van der Waals surface area contributed by atoms with Gasteiger partial charge in [-0.25, -0.2) is 0 Å². The van der Waals surface area contributed by atoms with E-state index in [1.807, 2.05) is 6.07 Å². The first-order chi connectivity index (χ1) is 7.63. The minimum atomic E-state index is 0.395. The largest absolute Gasteiger partial charge is 0.310 e. The fourth-order valence-electron chi connectivity index (χ4n) is 2.17. The minimum Gasteiger partial charge on any atom is -0.310 e. The molecule has 0 saturated heterocycles. The third-order valence-corrected chi connectivity index (χ3v) is 4.75. The molecule has 90 valence electrons. The summed E-state index contributed by atoms with van der Waals surface area (Å²) in [6.07, 6.45) is 2.44. The van der Waals surface area contributed by atoms with Gasteiger partial charge in [-0.3, -0.25) is 0 Å². The number of nitrogens with one attached hydrogen (secondary N) is 1. The van der Waals surface area contributed by atoms with E-state index in [1.54, 1.807) is 0 Å². The maximum atomic E-state index is 6.23. The second kappa shape index (κ2) is 5.26. The van der Waals surface area contributed by atoms with Crippen LogP contribution in [0.15, 0.2) is 6.07 Å². The van der Waals surface area contributed by atoms with Crippen molar-refractivity contribution in [2.45, 2.75) is 32.7 Å². The van der Waals surface area contributed by atoms with Gasteiger partial charge in [-0.2, -0.15) is 0 Å². The lowest BCUT2D eigenvalue weighted by molar-refractivity contribution is 0.464. The molecule has 1 fully saturated rings. The first-order valence-electron chi connectivity index (χ1n) is 5.81. The molecule has 1 heterocycles. The van der Waals surface area contributed by atoms with Crippen LogP contribution in [0.2, 0.25) is 8.67 Å². The molecule has 16 heavy (non-hydrogen) atoms. The monoisotopic (exact) mass is 277 g/mol. The van der Waals surface area contributed by atoms with Crippen LogP contribution in [-0.2, 0) is 0 Å². The zero-order valence-corrected chi connectivity index (χ0v) is 11.9. The van der Waals surface area contributed by atoms with Gasteiger partial charge in [0.15, 0.2) is 0 Å². The molecule has 1 N–H and O–H groups in total. The topological polar surface area (TPSA) is 12.0 Å². The lowest BCUT2D eigenvalue weighted by atomic mass is 10.0. The molecule has 1 aliphatic carbocycles. The summed E-state index contributed by atoms with van der Waals surface area (Å²) in [5.41, 5.74) is 1.19. The Morgan fingerprint density at radius 1 is 1.56 bits per heavy atom. The number of hydrogen-bond donors (Lipinski definition) is 1. The van der Waals surface area contributed by atoms with E-state index in [1.165, 1.54) is 23.3 Å². The van der Waals surface area contributed by atoms with Gasteiger partial charge in [-0.05, 0) is 37.3 Å². The zero-order chi connectivity index (χ0) is 11.7. The van der Waals surface area contributed by atoms with Crippen LogP contribution in [0.5, 0.6) is 0 Å². The molecular weight excluding hydrogens is 261 g/mol. The third kappa shape index (κ3) is 2.73. The molecule has 0 bridgehead atoms. The van der Waals surface area contributed by atoms with Crippen LogP contribution in [0, 0.1) is 11.8 Å². The number of thiophene rings is 1. The molecule has 0 amide bonds. The fraction of sp³-hybridized carbons (Fsp3) is 0.667. The molecule has 3 unspecified atom stereocenters. The molecule has 0 radical (unpaired) electrons. The van der Waals surface area contributed by atoms with Crippen LogP contribution in [0.25, 0.3) is 0 Å². The van der Waals surface area contributed by atoms with Gasteiger partial charge in [0.1, 0.15) is 0 Å². The molecule has 1 aromatic heterocycles. The van der Waals surface area contributed by atoms with Crippen molar-refractivity contribution in [3.05, 3.63) is 20.3 Å². The average Bonchev–Trinajstić information content (AvgIpc) is 2.84. The van der Waals surface area contributed by atoms with Crippen LogP contribution in [0.1, 0.15) is 38.3 Å². The van der Waals surface area contributed by atoms with E-state index in [2.05, 4.69) is 19.2 Å². The predicted molar refractivity (Wildman–Crippen MR) is 72.6 cm³/mol. The summed E-state index contributed by atoms with van der Waals surface area (Å²) < 4.78 is 1.63. The van der Waals surface area contributed by atoms with Gasteiger partial charge in [0.25, 0.3) is 0 Å². The maximum Gasteiger partial charge on any atom is 0.0992 e. The summed E-state index contributed by atoms with van der Waals surface area (Å²) in [5, 5.41) is 3.60. The van der Waals surface area contributed by atoms with Crippen LogP contribution < -0.4 is 5.32 Å². The highest BCUT2D eigenvalue weighted by Crippen LogP contribution is 2.49. The molecule has 1 aromatic rings. The number of rotatable bonds is 5. The summed E-state index contributed by atoms with van der Waals surface area (Å²) in [6.45, 7) is 5.52. The Hall–Kier alpha value is 0.240. The van der Waals surface area contributed by atoms with Crippen molar-refractivity contribution in [1.29, 1.82) is 0 Å². The van der Waals surface area contributed by atoms with Gasteiger partial charge in [0.05, 0.1) is 8.67 Å². The van der Waals surface area contributed by atoms with Crippen molar-refractivity contribution in [2.75, 3.05) is 6.54 Å². The van der Waals surface area contributed by atoms with Gasteiger partial charge in [0.2, 0.25) is 0 Å².